The molecule has 0 amide bonds. The highest BCUT2D eigenvalue weighted by Gasteiger charge is 2.14. The van der Waals surface area contributed by atoms with Crippen LogP contribution in [0.3, 0.4) is 0 Å². The third-order valence-electron chi connectivity index (χ3n) is 2.53. The van der Waals surface area contributed by atoms with Crippen molar-refractivity contribution in [3.8, 4) is 5.75 Å². The van der Waals surface area contributed by atoms with E-state index in [4.69, 9.17) is 4.74 Å². The minimum Gasteiger partial charge on any atom is -0.497 e. The highest BCUT2D eigenvalue weighted by molar-refractivity contribution is 14.1. The topological polar surface area (TPSA) is 26.3 Å². The van der Waals surface area contributed by atoms with Crippen molar-refractivity contribution in [3.63, 3.8) is 0 Å². The Hall–Kier alpha value is -1.43. The normalized spacial score (nSPS) is 10.2. The molecular weight excluding hydrogens is 346 g/mol. The Morgan fingerprint density at radius 3 is 2.39 bits per heavy atom. The fourth-order valence-electron chi connectivity index (χ4n) is 1.56. The van der Waals surface area contributed by atoms with Gasteiger partial charge in [0.25, 0.3) is 0 Å². The van der Waals surface area contributed by atoms with Crippen molar-refractivity contribution in [2.75, 3.05) is 7.11 Å². The molecule has 0 aromatic heterocycles. The largest absolute Gasteiger partial charge is 0.497 e. The van der Waals surface area contributed by atoms with Crippen molar-refractivity contribution in [1.82, 2.24) is 0 Å². The van der Waals surface area contributed by atoms with E-state index in [1.54, 1.807) is 18.2 Å². The molecule has 2 rings (SSSR count). The monoisotopic (exact) mass is 356 g/mol. The molecule has 0 bridgehead atoms. The Morgan fingerprint density at radius 2 is 1.83 bits per heavy atom. The van der Waals surface area contributed by atoms with Gasteiger partial charge in [-0.1, -0.05) is 0 Å². The summed E-state index contributed by atoms with van der Waals surface area (Å²) in [4.78, 5) is 12.1. The molecule has 0 fully saturated rings. The van der Waals surface area contributed by atoms with Crippen molar-refractivity contribution >= 4 is 28.4 Å². The van der Waals surface area contributed by atoms with Crippen LogP contribution >= 0.6 is 22.6 Å². The van der Waals surface area contributed by atoms with Gasteiger partial charge in [-0.3, -0.25) is 4.79 Å². The molecule has 0 aliphatic rings. The lowest BCUT2D eigenvalue weighted by Crippen LogP contribution is -2.04. The molecule has 0 N–H and O–H groups in total. The zero-order chi connectivity index (χ0) is 13.1. The van der Waals surface area contributed by atoms with Gasteiger partial charge in [-0.2, -0.15) is 0 Å². The lowest BCUT2D eigenvalue weighted by molar-refractivity contribution is 0.103. The maximum atomic E-state index is 13.8. The maximum absolute atomic E-state index is 13.8. The molecule has 0 aliphatic heterocycles. The van der Waals surface area contributed by atoms with E-state index in [0.717, 1.165) is 3.57 Å². The number of ketones is 1. The number of halogens is 2. The smallest absolute Gasteiger partial charge is 0.195 e. The average molecular weight is 356 g/mol. The van der Waals surface area contributed by atoms with Crippen LogP contribution in [-0.4, -0.2) is 12.9 Å². The van der Waals surface area contributed by atoms with Crippen LogP contribution in [0.5, 0.6) is 5.75 Å². The van der Waals surface area contributed by atoms with Crippen LogP contribution in [0.1, 0.15) is 15.9 Å². The van der Waals surface area contributed by atoms with Crippen LogP contribution in [0, 0.1) is 9.39 Å². The fourth-order valence-corrected chi connectivity index (χ4v) is 1.92. The molecule has 0 atom stereocenters. The second-order valence-electron chi connectivity index (χ2n) is 3.68. The number of rotatable bonds is 3. The Labute approximate surface area is 118 Å². The van der Waals surface area contributed by atoms with E-state index in [0.29, 0.717) is 11.3 Å². The van der Waals surface area contributed by atoms with E-state index in [9.17, 15) is 9.18 Å². The first-order chi connectivity index (χ1) is 8.61. The van der Waals surface area contributed by atoms with Crippen molar-refractivity contribution in [3.05, 3.63) is 63.0 Å². The number of carbonyl (C=O) groups excluding carboxylic acids is 1. The molecule has 92 valence electrons. The average Bonchev–Trinajstić information content (AvgIpc) is 2.38. The van der Waals surface area contributed by atoms with Crippen LogP contribution in [0.15, 0.2) is 42.5 Å². The first-order valence-electron chi connectivity index (χ1n) is 5.25. The van der Waals surface area contributed by atoms with Gasteiger partial charge in [0.15, 0.2) is 5.78 Å². The van der Waals surface area contributed by atoms with Crippen LogP contribution in [0.2, 0.25) is 0 Å². The maximum Gasteiger partial charge on any atom is 0.195 e. The standard InChI is InChI=1S/C14H10FIO2/c1-18-11-6-7-12(13(15)8-11)14(17)9-2-4-10(16)5-3-9/h2-8H,1H3. The molecule has 0 radical (unpaired) electrons. The van der Waals surface area contributed by atoms with E-state index < -0.39 is 5.82 Å². The van der Waals surface area contributed by atoms with Gasteiger partial charge in [0.05, 0.1) is 12.7 Å². The predicted octanol–water partition coefficient (Wildman–Crippen LogP) is 3.67. The molecule has 18 heavy (non-hydrogen) atoms. The minimum atomic E-state index is -0.571. The number of hydrogen-bond donors (Lipinski definition) is 0. The molecule has 4 heteroatoms. The molecule has 0 unspecified atom stereocenters. The fraction of sp³-hybridized carbons (Fsp3) is 0.0714. The van der Waals surface area contributed by atoms with Gasteiger partial charge in [-0.25, -0.2) is 4.39 Å². The van der Waals surface area contributed by atoms with Crippen LogP contribution in [0.25, 0.3) is 0 Å². The van der Waals surface area contributed by atoms with E-state index in [2.05, 4.69) is 22.6 Å². The number of ether oxygens (including phenoxy) is 1. The number of carbonyl (C=O) groups is 1. The first kappa shape index (κ1) is 13.0. The summed E-state index contributed by atoms with van der Waals surface area (Å²) in [5.74, 6) is -0.504. The summed E-state index contributed by atoms with van der Waals surface area (Å²) < 4.78 is 19.7. The van der Waals surface area contributed by atoms with Gasteiger partial charge in [-0.15, -0.1) is 0 Å². The molecule has 0 heterocycles. The minimum absolute atomic E-state index is 0.0528. The van der Waals surface area contributed by atoms with Gasteiger partial charge >= 0.3 is 0 Å². The Morgan fingerprint density at radius 1 is 1.17 bits per heavy atom. The number of hydrogen-bond acceptors (Lipinski definition) is 2. The van der Waals surface area contributed by atoms with Gasteiger partial charge < -0.3 is 4.74 Å². The summed E-state index contributed by atoms with van der Waals surface area (Å²) in [5.41, 5.74) is 0.525. The Kier molecular flexibility index (Phi) is 3.96. The van der Waals surface area contributed by atoms with Crippen molar-refractivity contribution in [2.45, 2.75) is 0 Å². The summed E-state index contributed by atoms with van der Waals surface area (Å²) in [5, 5.41) is 0. The van der Waals surface area contributed by atoms with Gasteiger partial charge in [0.1, 0.15) is 11.6 Å². The summed E-state index contributed by atoms with van der Waals surface area (Å²) in [6.07, 6.45) is 0. The third kappa shape index (κ3) is 2.69. The van der Waals surface area contributed by atoms with Gasteiger partial charge in [-0.05, 0) is 59.0 Å². The van der Waals surface area contributed by atoms with E-state index in [1.165, 1.54) is 19.2 Å². The lowest BCUT2D eigenvalue weighted by atomic mass is 10.0. The van der Waals surface area contributed by atoms with Gasteiger partial charge in [0.2, 0.25) is 0 Å². The van der Waals surface area contributed by atoms with Gasteiger partial charge in [0, 0.05) is 15.2 Å². The molecule has 2 nitrogen and oxygen atoms in total. The van der Waals surface area contributed by atoms with Crippen LogP contribution < -0.4 is 4.74 Å². The molecular formula is C14H10FIO2. The molecule has 0 saturated carbocycles. The highest BCUT2D eigenvalue weighted by atomic mass is 127. The van der Waals surface area contributed by atoms with E-state index >= 15 is 0 Å². The van der Waals surface area contributed by atoms with Crippen LogP contribution in [-0.2, 0) is 0 Å². The second-order valence-corrected chi connectivity index (χ2v) is 4.93. The predicted molar refractivity (Wildman–Crippen MR) is 75.5 cm³/mol. The van der Waals surface area contributed by atoms with Crippen molar-refractivity contribution in [1.29, 1.82) is 0 Å². The summed E-state index contributed by atoms with van der Waals surface area (Å²) >= 11 is 2.15. The molecule has 2 aromatic carbocycles. The summed E-state index contributed by atoms with van der Waals surface area (Å²) in [7, 11) is 1.45. The second kappa shape index (κ2) is 5.48. The number of benzene rings is 2. The summed E-state index contributed by atoms with van der Waals surface area (Å²) in [6, 6.07) is 11.2. The quantitative estimate of drug-likeness (QED) is 0.620. The van der Waals surface area contributed by atoms with Crippen molar-refractivity contribution < 1.29 is 13.9 Å². The molecule has 0 saturated heterocycles. The highest BCUT2D eigenvalue weighted by Crippen LogP contribution is 2.19. The lowest BCUT2D eigenvalue weighted by Gasteiger charge is -2.05. The van der Waals surface area contributed by atoms with Crippen LogP contribution in [0.4, 0.5) is 4.39 Å². The first-order valence-corrected chi connectivity index (χ1v) is 6.33. The van der Waals surface area contributed by atoms with E-state index in [1.807, 2.05) is 12.1 Å². The zero-order valence-corrected chi connectivity index (χ0v) is 11.8. The summed E-state index contributed by atoms with van der Waals surface area (Å²) in [6.45, 7) is 0. The Bertz CT molecular complexity index is 579. The number of methoxy groups -OCH3 is 1. The third-order valence-corrected chi connectivity index (χ3v) is 3.25. The molecule has 2 aromatic rings. The SMILES string of the molecule is COc1ccc(C(=O)c2ccc(I)cc2)c(F)c1. The van der Waals surface area contributed by atoms with Crippen molar-refractivity contribution in [2.24, 2.45) is 0 Å². The molecule has 0 spiro atoms. The Balaban J connectivity index is 2.37. The van der Waals surface area contributed by atoms with E-state index in [-0.39, 0.29) is 11.3 Å². The zero-order valence-electron chi connectivity index (χ0n) is 9.61. The molecule has 0 aliphatic carbocycles.